The van der Waals surface area contributed by atoms with Gasteiger partial charge in [-0.15, -0.1) is 11.3 Å². The summed E-state index contributed by atoms with van der Waals surface area (Å²) < 4.78 is 32.6. The van der Waals surface area contributed by atoms with Crippen LogP contribution >= 0.6 is 11.3 Å². The number of anilines is 3. The van der Waals surface area contributed by atoms with E-state index in [-0.39, 0.29) is 29.1 Å². The lowest BCUT2D eigenvalue weighted by Gasteiger charge is -2.32. The first-order valence-corrected chi connectivity index (χ1v) is 13.5. The third-order valence-corrected chi connectivity index (χ3v) is 7.88. The van der Waals surface area contributed by atoms with E-state index in [0.717, 1.165) is 13.1 Å². The number of piperazine rings is 1. The van der Waals surface area contributed by atoms with E-state index in [9.17, 15) is 18.0 Å². The van der Waals surface area contributed by atoms with Gasteiger partial charge in [0.2, 0.25) is 11.8 Å². The molecule has 3 aromatic rings. The van der Waals surface area contributed by atoms with Crippen molar-refractivity contribution in [3.63, 3.8) is 0 Å². The molecule has 1 aliphatic heterocycles. The number of urea groups is 1. The molecule has 1 saturated heterocycles. The lowest BCUT2D eigenvalue weighted by Crippen LogP contribution is -2.48. The number of carbonyl (C=O) groups excluding carboxylic acids is 2. The van der Waals surface area contributed by atoms with Crippen LogP contribution in [0.2, 0.25) is 0 Å². The molecule has 192 valence electrons. The predicted molar refractivity (Wildman–Crippen MR) is 136 cm³/mol. The second-order valence-electron chi connectivity index (χ2n) is 8.44. The minimum atomic E-state index is -3.88. The van der Waals surface area contributed by atoms with E-state index < -0.39 is 10.0 Å². The summed E-state index contributed by atoms with van der Waals surface area (Å²) in [5.41, 5.74) is 2.15. The zero-order valence-corrected chi connectivity index (χ0v) is 21.7. The molecular weight excluding hydrogens is 506 g/mol. The SMILES string of the molecule is Cc1noc(NS(=O)(=O)c2ccc(NC(=O)Cc3csc(NC(=O)N4CCN(C)CC4)n3)cc2)c1C. The molecule has 1 aliphatic rings. The summed E-state index contributed by atoms with van der Waals surface area (Å²) >= 11 is 1.25. The highest BCUT2D eigenvalue weighted by molar-refractivity contribution is 7.92. The van der Waals surface area contributed by atoms with Gasteiger partial charge in [0, 0.05) is 42.8 Å². The Hall–Kier alpha value is -3.49. The standard InChI is InChI=1S/C22H27N7O5S2/c1-14-15(2)26-34-20(14)27-36(32,33)18-6-4-16(5-7-18)23-19(30)12-17-13-35-21(24-17)25-22(31)29-10-8-28(3)9-11-29/h4-7,13,27H,8-12H2,1-3H3,(H,23,30)(H,24,25,31). The Balaban J connectivity index is 1.30. The average Bonchev–Trinajstić information content (AvgIpc) is 3.40. The van der Waals surface area contributed by atoms with Crippen molar-refractivity contribution in [2.24, 2.45) is 0 Å². The van der Waals surface area contributed by atoms with Gasteiger partial charge in [-0.25, -0.2) is 22.9 Å². The number of carbonyl (C=O) groups is 2. The average molecular weight is 534 g/mol. The molecule has 0 radical (unpaired) electrons. The van der Waals surface area contributed by atoms with Crippen molar-refractivity contribution in [2.75, 3.05) is 48.6 Å². The van der Waals surface area contributed by atoms with Crippen LogP contribution in [0.3, 0.4) is 0 Å². The molecular formula is C22H27N7O5S2. The zero-order valence-electron chi connectivity index (χ0n) is 20.1. The van der Waals surface area contributed by atoms with Gasteiger partial charge in [0.25, 0.3) is 10.0 Å². The zero-order chi connectivity index (χ0) is 25.9. The first kappa shape index (κ1) is 25.6. The Bertz CT molecular complexity index is 1340. The number of benzene rings is 1. The highest BCUT2D eigenvalue weighted by Gasteiger charge is 2.21. The van der Waals surface area contributed by atoms with Crippen LogP contribution in [-0.4, -0.2) is 73.5 Å². The molecule has 0 saturated carbocycles. The van der Waals surface area contributed by atoms with Crippen molar-refractivity contribution in [1.82, 2.24) is 19.9 Å². The molecule has 14 heteroatoms. The summed E-state index contributed by atoms with van der Waals surface area (Å²) in [6.07, 6.45) is 0.00655. The smallest absolute Gasteiger partial charge is 0.323 e. The van der Waals surface area contributed by atoms with E-state index in [1.54, 1.807) is 24.1 Å². The van der Waals surface area contributed by atoms with Crippen LogP contribution < -0.4 is 15.4 Å². The van der Waals surface area contributed by atoms with Gasteiger partial charge in [-0.2, -0.15) is 0 Å². The summed E-state index contributed by atoms with van der Waals surface area (Å²) in [5, 5.41) is 11.4. The topological polar surface area (TPSA) is 150 Å². The Kier molecular flexibility index (Phi) is 7.56. The van der Waals surface area contributed by atoms with Gasteiger partial charge in [-0.05, 0) is 45.2 Å². The molecule has 2 aromatic heterocycles. The van der Waals surface area contributed by atoms with Crippen molar-refractivity contribution in [1.29, 1.82) is 0 Å². The van der Waals surface area contributed by atoms with Crippen molar-refractivity contribution in [2.45, 2.75) is 25.2 Å². The largest absolute Gasteiger partial charge is 0.337 e. The maximum Gasteiger partial charge on any atom is 0.323 e. The fourth-order valence-corrected chi connectivity index (χ4v) is 5.15. The number of hydrogen-bond acceptors (Lipinski definition) is 9. The molecule has 3 heterocycles. The molecule has 0 spiro atoms. The minimum absolute atomic E-state index is 0.00655. The molecule has 0 bridgehead atoms. The van der Waals surface area contributed by atoms with Crippen molar-refractivity contribution in [3.05, 3.63) is 46.6 Å². The lowest BCUT2D eigenvalue weighted by atomic mass is 10.3. The summed E-state index contributed by atoms with van der Waals surface area (Å²) in [5.74, 6) is -0.258. The van der Waals surface area contributed by atoms with E-state index in [1.165, 1.54) is 35.6 Å². The van der Waals surface area contributed by atoms with Crippen molar-refractivity contribution in [3.8, 4) is 0 Å². The number of aryl methyl sites for hydroxylation is 1. The second-order valence-corrected chi connectivity index (χ2v) is 11.0. The van der Waals surface area contributed by atoms with Gasteiger partial charge < -0.3 is 19.6 Å². The molecule has 0 atom stereocenters. The molecule has 1 aromatic carbocycles. The summed E-state index contributed by atoms with van der Waals surface area (Å²) in [6, 6.07) is 5.55. The number of hydrogen-bond donors (Lipinski definition) is 3. The molecule has 1 fully saturated rings. The quantitative estimate of drug-likeness (QED) is 0.419. The fraction of sp³-hybridized carbons (Fsp3) is 0.364. The van der Waals surface area contributed by atoms with Gasteiger partial charge >= 0.3 is 6.03 Å². The second kappa shape index (κ2) is 10.6. The number of likely N-dealkylation sites (N-methyl/N-ethyl adjacent to an activating group) is 1. The molecule has 4 rings (SSSR count). The van der Waals surface area contributed by atoms with E-state index in [0.29, 0.717) is 40.9 Å². The van der Waals surface area contributed by atoms with Crippen molar-refractivity contribution >= 4 is 50.0 Å². The fourth-order valence-electron chi connectivity index (χ4n) is 3.40. The van der Waals surface area contributed by atoms with Crippen LogP contribution in [0.4, 0.5) is 21.5 Å². The molecule has 3 amide bonds. The van der Waals surface area contributed by atoms with E-state index in [1.807, 2.05) is 7.05 Å². The molecule has 12 nitrogen and oxygen atoms in total. The van der Waals surface area contributed by atoms with E-state index in [4.69, 9.17) is 4.52 Å². The van der Waals surface area contributed by atoms with Crippen LogP contribution in [-0.2, 0) is 21.2 Å². The number of amides is 3. The Labute approximate surface area is 212 Å². The van der Waals surface area contributed by atoms with E-state index >= 15 is 0 Å². The van der Waals surface area contributed by atoms with Crippen LogP contribution in [0.5, 0.6) is 0 Å². The number of sulfonamides is 1. The van der Waals surface area contributed by atoms with Crippen molar-refractivity contribution < 1.29 is 22.5 Å². The number of rotatable bonds is 7. The van der Waals surface area contributed by atoms with Crippen LogP contribution in [0.25, 0.3) is 0 Å². The molecule has 3 N–H and O–H groups in total. The van der Waals surface area contributed by atoms with Crippen LogP contribution in [0.15, 0.2) is 39.1 Å². The predicted octanol–water partition coefficient (Wildman–Crippen LogP) is 2.51. The lowest BCUT2D eigenvalue weighted by molar-refractivity contribution is -0.115. The van der Waals surface area contributed by atoms with Gasteiger partial charge in [-0.1, -0.05) is 5.16 Å². The number of nitrogens with zero attached hydrogens (tertiary/aromatic N) is 4. The first-order chi connectivity index (χ1) is 17.1. The Morgan fingerprint density at radius 1 is 1.08 bits per heavy atom. The Morgan fingerprint density at radius 2 is 1.78 bits per heavy atom. The number of thiazole rings is 1. The van der Waals surface area contributed by atoms with Gasteiger partial charge in [0.15, 0.2) is 5.13 Å². The highest BCUT2D eigenvalue weighted by atomic mass is 32.2. The van der Waals surface area contributed by atoms with Gasteiger partial charge in [0.05, 0.1) is 22.7 Å². The maximum atomic E-state index is 12.6. The molecule has 0 aliphatic carbocycles. The summed E-state index contributed by atoms with van der Waals surface area (Å²) in [4.78, 5) is 33.1. The summed E-state index contributed by atoms with van der Waals surface area (Å²) in [6.45, 7) is 6.36. The normalized spacial score (nSPS) is 14.5. The number of aromatic nitrogens is 2. The monoisotopic (exact) mass is 533 g/mol. The van der Waals surface area contributed by atoms with Crippen LogP contribution in [0, 0.1) is 13.8 Å². The first-order valence-electron chi connectivity index (χ1n) is 11.2. The maximum absolute atomic E-state index is 12.6. The van der Waals surface area contributed by atoms with E-state index in [2.05, 4.69) is 30.4 Å². The minimum Gasteiger partial charge on any atom is -0.337 e. The van der Waals surface area contributed by atoms with Gasteiger partial charge in [0.1, 0.15) is 0 Å². The highest BCUT2D eigenvalue weighted by Crippen LogP contribution is 2.23. The third-order valence-electron chi connectivity index (χ3n) is 5.73. The van der Waals surface area contributed by atoms with Crippen LogP contribution in [0.1, 0.15) is 17.0 Å². The summed E-state index contributed by atoms with van der Waals surface area (Å²) in [7, 11) is -1.86. The number of nitrogens with one attached hydrogen (secondary N) is 3. The Morgan fingerprint density at radius 3 is 2.42 bits per heavy atom. The third kappa shape index (κ3) is 6.19. The molecule has 36 heavy (non-hydrogen) atoms. The molecule has 0 unspecified atom stereocenters. The van der Waals surface area contributed by atoms with Gasteiger partial charge in [-0.3, -0.25) is 10.1 Å².